The summed E-state index contributed by atoms with van der Waals surface area (Å²) in [6, 6.07) is 9.12. The summed E-state index contributed by atoms with van der Waals surface area (Å²) in [6.07, 6.45) is 3.28. The van der Waals surface area contributed by atoms with Crippen molar-refractivity contribution in [3.8, 4) is 11.8 Å². The van der Waals surface area contributed by atoms with Crippen LogP contribution in [-0.2, 0) is 6.54 Å². The fourth-order valence-electron chi connectivity index (χ4n) is 5.38. The number of rotatable bonds is 3. The van der Waals surface area contributed by atoms with Gasteiger partial charge in [-0.3, -0.25) is 9.78 Å². The van der Waals surface area contributed by atoms with E-state index in [-0.39, 0.29) is 28.9 Å². The highest BCUT2D eigenvalue weighted by Gasteiger charge is 2.66. The second kappa shape index (κ2) is 6.22. The maximum Gasteiger partial charge on any atom is 0.256 e. The van der Waals surface area contributed by atoms with E-state index in [1.165, 1.54) is 0 Å². The highest BCUT2D eigenvalue weighted by Crippen LogP contribution is 2.59. The molecule has 1 fully saturated rings. The van der Waals surface area contributed by atoms with Gasteiger partial charge in [-0.2, -0.15) is 5.26 Å². The molecule has 2 aromatic rings. The number of fused-ring (bicyclic) bond motifs is 1. The predicted octanol–water partition coefficient (Wildman–Crippen LogP) is 4.44. The van der Waals surface area contributed by atoms with Crippen molar-refractivity contribution < 1.29 is 9.53 Å². The van der Waals surface area contributed by atoms with Crippen LogP contribution in [0.15, 0.2) is 36.7 Å². The van der Waals surface area contributed by atoms with Crippen molar-refractivity contribution in [2.45, 2.75) is 46.4 Å². The van der Waals surface area contributed by atoms with Gasteiger partial charge >= 0.3 is 0 Å². The average Bonchev–Trinajstić information content (AvgIpc) is 2.95. The highest BCUT2D eigenvalue weighted by atomic mass is 35.5. The van der Waals surface area contributed by atoms with E-state index >= 15 is 0 Å². The summed E-state index contributed by atoms with van der Waals surface area (Å²) in [4.78, 5) is 19.0. The van der Waals surface area contributed by atoms with Crippen molar-refractivity contribution in [3.63, 3.8) is 0 Å². The Balaban J connectivity index is 1.60. The van der Waals surface area contributed by atoms with Gasteiger partial charge in [0, 0.05) is 41.9 Å². The van der Waals surface area contributed by atoms with Crippen LogP contribution >= 0.6 is 11.6 Å². The van der Waals surface area contributed by atoms with Crippen LogP contribution < -0.4 is 4.74 Å². The first-order valence-corrected chi connectivity index (χ1v) is 9.66. The van der Waals surface area contributed by atoms with E-state index in [9.17, 15) is 4.79 Å². The van der Waals surface area contributed by atoms with Gasteiger partial charge < -0.3 is 9.64 Å². The number of carbonyl (C=O) groups is 1. The SMILES string of the molecule is CC1(C)[C@H](Oc2ccc(C#N)c(Cl)c2)C(C)(C)[C@H]1N1Cc2ccncc2C1=O. The lowest BCUT2D eigenvalue weighted by atomic mass is 9.49. The van der Waals surface area contributed by atoms with Gasteiger partial charge in [0.15, 0.2) is 0 Å². The molecular formula is C22H22ClN3O2. The lowest BCUT2D eigenvalue weighted by molar-refractivity contribution is -0.199. The monoisotopic (exact) mass is 395 g/mol. The first kappa shape index (κ1) is 18.8. The van der Waals surface area contributed by atoms with E-state index in [2.05, 4.69) is 38.7 Å². The number of nitriles is 1. The third kappa shape index (κ3) is 2.59. The molecule has 0 saturated heterocycles. The molecule has 144 valence electrons. The van der Waals surface area contributed by atoms with Crippen LogP contribution in [0.5, 0.6) is 5.75 Å². The Kier molecular flexibility index (Phi) is 4.17. The van der Waals surface area contributed by atoms with Crippen molar-refractivity contribution in [2.24, 2.45) is 10.8 Å². The van der Waals surface area contributed by atoms with Gasteiger partial charge in [0.2, 0.25) is 0 Å². The number of hydrogen-bond donors (Lipinski definition) is 0. The molecule has 1 saturated carbocycles. The van der Waals surface area contributed by atoms with E-state index in [1.807, 2.05) is 11.0 Å². The van der Waals surface area contributed by atoms with E-state index in [1.54, 1.807) is 30.6 Å². The standard InChI is InChI=1S/C22H22ClN3O2/c1-21(2)19(26-12-14-7-8-25-11-16(14)18(26)27)22(3,4)20(21)28-15-6-5-13(10-24)17(23)9-15/h5-9,11,19-20H,12H2,1-4H3/t19-,20-. The molecule has 1 aromatic heterocycles. The lowest BCUT2D eigenvalue weighted by Gasteiger charge is -2.65. The van der Waals surface area contributed by atoms with Crippen LogP contribution in [0, 0.1) is 22.2 Å². The molecule has 6 heteroatoms. The van der Waals surface area contributed by atoms with Crippen LogP contribution in [0.2, 0.25) is 5.02 Å². The number of amides is 1. The molecule has 0 bridgehead atoms. The van der Waals surface area contributed by atoms with Crippen LogP contribution in [0.25, 0.3) is 0 Å². The summed E-state index contributed by atoms with van der Waals surface area (Å²) in [5, 5.41) is 9.43. The van der Waals surface area contributed by atoms with Gasteiger partial charge in [-0.05, 0) is 23.8 Å². The van der Waals surface area contributed by atoms with Crippen molar-refractivity contribution in [3.05, 3.63) is 58.4 Å². The van der Waals surface area contributed by atoms with Gasteiger partial charge in [0.1, 0.15) is 17.9 Å². The number of pyridine rings is 1. The molecule has 0 unspecified atom stereocenters. The number of ether oxygens (including phenoxy) is 1. The third-order valence-corrected chi connectivity index (χ3v) is 6.44. The first-order valence-electron chi connectivity index (χ1n) is 9.28. The van der Waals surface area contributed by atoms with Crippen molar-refractivity contribution >= 4 is 17.5 Å². The van der Waals surface area contributed by atoms with Gasteiger partial charge in [0.25, 0.3) is 5.91 Å². The zero-order chi connectivity index (χ0) is 20.3. The Hall–Kier alpha value is -2.58. The zero-order valence-electron chi connectivity index (χ0n) is 16.4. The molecule has 28 heavy (non-hydrogen) atoms. The number of carbonyl (C=O) groups excluding carboxylic acids is 1. The van der Waals surface area contributed by atoms with Gasteiger partial charge in [-0.1, -0.05) is 39.3 Å². The molecule has 4 rings (SSSR count). The number of benzene rings is 1. The van der Waals surface area contributed by atoms with Gasteiger partial charge in [-0.25, -0.2) is 0 Å². The first-order chi connectivity index (χ1) is 13.2. The van der Waals surface area contributed by atoms with E-state index < -0.39 is 0 Å². The molecule has 0 atom stereocenters. The Labute approximate surface area is 169 Å². The van der Waals surface area contributed by atoms with Crippen LogP contribution in [-0.4, -0.2) is 27.9 Å². The molecule has 0 N–H and O–H groups in total. The Morgan fingerprint density at radius 3 is 2.57 bits per heavy atom. The quantitative estimate of drug-likeness (QED) is 0.770. The zero-order valence-corrected chi connectivity index (χ0v) is 17.1. The minimum Gasteiger partial charge on any atom is -0.489 e. The van der Waals surface area contributed by atoms with Crippen molar-refractivity contribution in [1.82, 2.24) is 9.88 Å². The van der Waals surface area contributed by atoms with Crippen LogP contribution in [0.3, 0.4) is 0 Å². The van der Waals surface area contributed by atoms with E-state index in [0.29, 0.717) is 28.4 Å². The number of aromatic nitrogens is 1. The Bertz CT molecular complexity index is 993. The maximum atomic E-state index is 13.0. The third-order valence-electron chi connectivity index (χ3n) is 6.13. The van der Waals surface area contributed by atoms with Gasteiger partial charge in [0.05, 0.1) is 16.1 Å². The summed E-state index contributed by atoms with van der Waals surface area (Å²) < 4.78 is 6.32. The maximum absolute atomic E-state index is 13.0. The minimum absolute atomic E-state index is 0.0266. The lowest BCUT2D eigenvalue weighted by Crippen LogP contribution is -2.74. The summed E-state index contributed by atoms with van der Waals surface area (Å²) in [6.45, 7) is 9.13. The summed E-state index contributed by atoms with van der Waals surface area (Å²) in [5.41, 5.74) is 1.63. The second-order valence-corrected chi connectivity index (χ2v) is 9.17. The normalized spacial score (nSPS) is 24.3. The number of halogens is 1. The molecule has 2 heterocycles. The largest absolute Gasteiger partial charge is 0.489 e. The molecule has 1 aliphatic heterocycles. The molecule has 5 nitrogen and oxygen atoms in total. The second-order valence-electron chi connectivity index (χ2n) is 8.76. The fourth-order valence-corrected chi connectivity index (χ4v) is 5.60. The van der Waals surface area contributed by atoms with Crippen molar-refractivity contribution in [2.75, 3.05) is 0 Å². The van der Waals surface area contributed by atoms with Crippen molar-refractivity contribution in [1.29, 1.82) is 5.26 Å². The Morgan fingerprint density at radius 1 is 1.25 bits per heavy atom. The molecule has 1 aliphatic carbocycles. The van der Waals surface area contributed by atoms with Gasteiger partial charge in [-0.15, -0.1) is 0 Å². The fraction of sp³-hybridized carbons (Fsp3) is 0.409. The molecule has 1 amide bonds. The summed E-state index contributed by atoms with van der Waals surface area (Å²) in [5.74, 6) is 0.669. The molecule has 1 aromatic carbocycles. The average molecular weight is 396 g/mol. The smallest absolute Gasteiger partial charge is 0.256 e. The molecule has 2 aliphatic rings. The topological polar surface area (TPSA) is 66.2 Å². The number of nitrogens with zero attached hydrogens (tertiary/aromatic N) is 3. The predicted molar refractivity (Wildman–Crippen MR) is 106 cm³/mol. The summed E-state index contributed by atoms with van der Waals surface area (Å²) in [7, 11) is 0. The summed E-state index contributed by atoms with van der Waals surface area (Å²) >= 11 is 6.16. The van der Waals surface area contributed by atoms with Crippen LogP contribution in [0.1, 0.15) is 49.2 Å². The van der Waals surface area contributed by atoms with E-state index in [4.69, 9.17) is 21.6 Å². The Morgan fingerprint density at radius 2 is 1.96 bits per heavy atom. The van der Waals surface area contributed by atoms with Crippen LogP contribution in [0.4, 0.5) is 0 Å². The molecule has 0 radical (unpaired) electrons. The molecular weight excluding hydrogens is 374 g/mol. The number of hydrogen-bond acceptors (Lipinski definition) is 4. The highest BCUT2D eigenvalue weighted by molar-refractivity contribution is 6.31. The minimum atomic E-state index is -0.255. The molecule has 0 spiro atoms. The van der Waals surface area contributed by atoms with E-state index in [0.717, 1.165) is 5.56 Å².